The molecule has 0 atom stereocenters. The van der Waals surface area contributed by atoms with Gasteiger partial charge in [-0.2, -0.15) is 0 Å². The van der Waals surface area contributed by atoms with Gasteiger partial charge in [0.2, 0.25) is 6.40 Å². The van der Waals surface area contributed by atoms with Crippen LogP contribution in [0.25, 0.3) is 0 Å². The highest BCUT2D eigenvalue weighted by Crippen LogP contribution is 2.21. The highest BCUT2D eigenvalue weighted by Gasteiger charge is 2.03. The molecule has 0 saturated heterocycles. The van der Waals surface area contributed by atoms with Crippen molar-refractivity contribution >= 4 is 30.0 Å². The molecule has 6 nitrogen and oxygen atoms in total. The minimum Gasteiger partial charge on any atom is -0.442 e. The van der Waals surface area contributed by atoms with Gasteiger partial charge in [0.05, 0.1) is 12.0 Å². The van der Waals surface area contributed by atoms with Crippen LogP contribution in [0.3, 0.4) is 0 Å². The predicted octanol–water partition coefficient (Wildman–Crippen LogP) is 4.18. The minimum atomic E-state index is -0.220. The van der Waals surface area contributed by atoms with E-state index >= 15 is 0 Å². The van der Waals surface area contributed by atoms with Crippen LogP contribution in [-0.4, -0.2) is 12.3 Å². The molecule has 0 unspecified atom stereocenters. The van der Waals surface area contributed by atoms with E-state index in [1.54, 1.807) is 43.3 Å². The first-order chi connectivity index (χ1) is 11.6. The second-order valence-corrected chi connectivity index (χ2v) is 5.40. The molecule has 0 aliphatic heterocycles. The summed E-state index contributed by atoms with van der Waals surface area (Å²) in [5.41, 5.74) is 1.11. The van der Waals surface area contributed by atoms with E-state index in [1.165, 1.54) is 0 Å². The van der Waals surface area contributed by atoms with Gasteiger partial charge in [0.25, 0.3) is 5.91 Å². The molecule has 0 aliphatic carbocycles. The lowest BCUT2D eigenvalue weighted by atomic mass is 10.3. The molecular weight excluding hydrogens is 328 g/mol. The van der Waals surface area contributed by atoms with Crippen LogP contribution in [0.2, 0.25) is 0 Å². The van der Waals surface area contributed by atoms with Crippen LogP contribution in [0.5, 0.6) is 5.75 Å². The molecule has 24 heavy (non-hydrogen) atoms. The Morgan fingerprint density at radius 1 is 1.17 bits per heavy atom. The maximum atomic E-state index is 11.5. The van der Waals surface area contributed by atoms with E-state index in [2.05, 4.69) is 22.0 Å². The average Bonchev–Trinajstić information content (AvgIpc) is 2.60. The van der Waals surface area contributed by atoms with Crippen molar-refractivity contribution in [2.45, 2.75) is 11.8 Å². The molecule has 0 aliphatic rings. The summed E-state index contributed by atoms with van der Waals surface area (Å²) in [6.07, 6.45) is 1.13. The number of oxime groups is 1. The number of hydrogen-bond acceptors (Lipinski definition) is 6. The number of benzene rings is 2. The Kier molecular flexibility index (Phi) is 6.88. The number of para-hydroxylation sites is 1. The van der Waals surface area contributed by atoms with Crippen molar-refractivity contribution in [3.63, 3.8) is 0 Å². The van der Waals surface area contributed by atoms with Crippen LogP contribution in [0.15, 0.2) is 76.8 Å². The van der Waals surface area contributed by atoms with Gasteiger partial charge < -0.3 is 10.1 Å². The van der Waals surface area contributed by atoms with Crippen LogP contribution in [0.1, 0.15) is 6.92 Å². The van der Waals surface area contributed by atoms with Gasteiger partial charge in [0, 0.05) is 16.2 Å². The third kappa shape index (κ3) is 6.15. The molecule has 0 heterocycles. The van der Waals surface area contributed by atoms with Gasteiger partial charge in [-0.3, -0.25) is 4.79 Å². The maximum absolute atomic E-state index is 11.5. The van der Waals surface area contributed by atoms with Gasteiger partial charge in [-0.05, 0) is 48.5 Å². The highest BCUT2D eigenvalue weighted by molar-refractivity contribution is 7.94. The van der Waals surface area contributed by atoms with E-state index in [0.717, 1.165) is 23.3 Å². The molecule has 1 amide bonds. The average molecular weight is 344 g/mol. The number of amides is 1. The second-order valence-electron chi connectivity index (χ2n) is 4.63. The number of carbonyl (C=O) groups excluding carboxylic acids is 1. The minimum absolute atomic E-state index is 0.220. The molecule has 0 aromatic heterocycles. The fraction of sp³-hybridized carbons (Fsp3) is 0.0588. The summed E-state index contributed by atoms with van der Waals surface area (Å²) >= 11 is 0.979. The Morgan fingerprint density at radius 2 is 1.88 bits per heavy atom. The molecule has 0 radical (unpaired) electrons. The number of nitrogens with one attached hydrogen (secondary N) is 1. The number of hydrogen-bond donors (Lipinski definition) is 1. The lowest BCUT2D eigenvalue weighted by molar-refractivity contribution is -0.191. The third-order valence-corrected chi connectivity index (χ3v) is 3.27. The third-order valence-electron chi connectivity index (χ3n) is 2.68. The normalized spacial score (nSPS) is 10.4. The molecule has 7 heteroatoms. The van der Waals surface area contributed by atoms with E-state index in [-0.39, 0.29) is 5.91 Å². The van der Waals surface area contributed by atoms with Crippen LogP contribution in [0.4, 0.5) is 5.69 Å². The van der Waals surface area contributed by atoms with E-state index in [0.29, 0.717) is 17.0 Å². The Labute approximate surface area is 144 Å². The molecule has 124 valence electrons. The number of rotatable bonds is 8. The van der Waals surface area contributed by atoms with Gasteiger partial charge in [-0.25, -0.2) is 4.99 Å². The van der Waals surface area contributed by atoms with Crippen molar-refractivity contribution in [2.24, 2.45) is 5.16 Å². The van der Waals surface area contributed by atoms with Crippen LogP contribution in [0, 0.1) is 0 Å². The number of carbonyl (C=O) groups is 1. The molecule has 0 bridgehead atoms. The summed E-state index contributed by atoms with van der Waals surface area (Å²) < 4.78 is 10.0. The standard InChI is InChI=1S/C17H16N2O4S/c1-13(2)17(20)19-14-8-10-16(11-9-14)24-23-22-18-12-21-15-6-4-3-5-7-15/h3-12H,1H2,2H3,(H,19,20)/b18-12+. The van der Waals surface area contributed by atoms with E-state index in [4.69, 9.17) is 9.07 Å². The van der Waals surface area contributed by atoms with Crippen molar-refractivity contribution in [1.82, 2.24) is 0 Å². The Bertz CT molecular complexity index is 702. The monoisotopic (exact) mass is 344 g/mol. The number of nitrogens with zero attached hydrogens (tertiary/aromatic N) is 1. The molecule has 2 aromatic carbocycles. The van der Waals surface area contributed by atoms with E-state index < -0.39 is 0 Å². The predicted molar refractivity (Wildman–Crippen MR) is 93.5 cm³/mol. The Balaban J connectivity index is 1.69. The van der Waals surface area contributed by atoms with Gasteiger partial charge in [0.1, 0.15) is 5.75 Å². The zero-order valence-electron chi connectivity index (χ0n) is 13.0. The van der Waals surface area contributed by atoms with Crippen molar-refractivity contribution in [2.75, 3.05) is 5.32 Å². The van der Waals surface area contributed by atoms with Crippen LogP contribution in [-0.2, 0) is 14.1 Å². The molecule has 2 rings (SSSR count). The molecule has 0 fully saturated rings. The van der Waals surface area contributed by atoms with Gasteiger partial charge in [-0.15, -0.1) is 0 Å². The number of ether oxygens (including phenoxy) is 1. The molecular formula is C17H16N2O4S. The maximum Gasteiger partial charge on any atom is 0.250 e. The van der Waals surface area contributed by atoms with Crippen LogP contribution < -0.4 is 10.1 Å². The fourth-order valence-electron chi connectivity index (χ4n) is 1.50. The first-order valence-electron chi connectivity index (χ1n) is 6.96. The first-order valence-corrected chi connectivity index (χ1v) is 7.70. The smallest absolute Gasteiger partial charge is 0.250 e. The topological polar surface area (TPSA) is 69.2 Å². The van der Waals surface area contributed by atoms with Crippen molar-refractivity contribution < 1.29 is 18.9 Å². The summed E-state index contributed by atoms with van der Waals surface area (Å²) in [6.45, 7) is 5.22. The quantitative estimate of drug-likeness (QED) is 0.148. The first kappa shape index (κ1) is 17.6. The summed E-state index contributed by atoms with van der Waals surface area (Å²) in [4.78, 5) is 16.9. The molecule has 0 saturated carbocycles. The molecule has 1 N–H and O–H groups in total. The Morgan fingerprint density at radius 3 is 2.54 bits per heavy atom. The highest BCUT2D eigenvalue weighted by atomic mass is 32.2. The summed E-state index contributed by atoms with van der Waals surface area (Å²) in [5, 5.41) is 6.21. The lowest BCUT2D eigenvalue weighted by Gasteiger charge is -2.05. The fourth-order valence-corrected chi connectivity index (χ4v) is 1.89. The SMILES string of the molecule is C=C(C)C(=O)Nc1ccc(SOO/N=C/Oc2ccccc2)cc1. The zero-order valence-corrected chi connectivity index (χ0v) is 13.8. The Hall–Kier alpha value is -2.77. The van der Waals surface area contributed by atoms with Crippen LogP contribution >= 0.6 is 12.0 Å². The lowest BCUT2D eigenvalue weighted by Crippen LogP contribution is -2.11. The summed E-state index contributed by atoms with van der Waals surface area (Å²) in [5.74, 6) is 0.424. The summed E-state index contributed by atoms with van der Waals surface area (Å²) in [7, 11) is 0. The van der Waals surface area contributed by atoms with Gasteiger partial charge >= 0.3 is 0 Å². The number of anilines is 1. The van der Waals surface area contributed by atoms with Crippen molar-refractivity contribution in [3.8, 4) is 5.75 Å². The zero-order chi connectivity index (χ0) is 17.2. The van der Waals surface area contributed by atoms with E-state index in [1.807, 2.05) is 18.2 Å². The van der Waals surface area contributed by atoms with Gasteiger partial charge in [0.15, 0.2) is 0 Å². The largest absolute Gasteiger partial charge is 0.442 e. The van der Waals surface area contributed by atoms with Crippen molar-refractivity contribution in [1.29, 1.82) is 0 Å². The van der Waals surface area contributed by atoms with E-state index in [9.17, 15) is 4.79 Å². The molecule has 0 spiro atoms. The van der Waals surface area contributed by atoms with Crippen molar-refractivity contribution in [3.05, 3.63) is 66.7 Å². The second kappa shape index (κ2) is 9.39. The summed E-state index contributed by atoms with van der Waals surface area (Å²) in [6, 6.07) is 16.2. The van der Waals surface area contributed by atoms with Gasteiger partial charge in [-0.1, -0.05) is 29.1 Å². The molecule has 2 aromatic rings.